The van der Waals surface area contributed by atoms with E-state index in [9.17, 15) is 0 Å². The molecule has 0 fully saturated rings. The molecule has 0 bridgehead atoms. The fourth-order valence-corrected chi connectivity index (χ4v) is 1.98. The molecule has 18 heavy (non-hydrogen) atoms. The number of unbranched alkanes of at least 4 members (excludes halogenated alkanes) is 9. The maximum absolute atomic E-state index is 5.46. The van der Waals surface area contributed by atoms with Crippen molar-refractivity contribution in [3.05, 3.63) is 24.3 Å². The Labute approximate surface area is 115 Å². The number of hydrogen-bond acceptors (Lipinski definition) is 1. The van der Waals surface area contributed by atoms with Crippen LogP contribution in [0.3, 0.4) is 0 Å². The van der Waals surface area contributed by atoms with Crippen molar-refractivity contribution in [3.8, 4) is 0 Å². The van der Waals surface area contributed by atoms with E-state index in [1.165, 1.54) is 70.6 Å². The third-order valence-corrected chi connectivity index (χ3v) is 3.18. The molecule has 2 N–H and O–H groups in total. The maximum Gasteiger partial charge on any atom is -0.00773 e. The smallest absolute Gasteiger partial charge is 0.00773 e. The SMILES string of the molecule is CCCCC/C=C\C=C\CCCCCCCCN. The number of nitrogens with two attached hydrogens (primary N) is 1. The Bertz CT molecular complexity index is 194. The summed E-state index contributed by atoms with van der Waals surface area (Å²) in [4.78, 5) is 0. The zero-order valence-corrected chi connectivity index (χ0v) is 12.4. The van der Waals surface area contributed by atoms with Crippen molar-refractivity contribution in [1.82, 2.24) is 0 Å². The van der Waals surface area contributed by atoms with Crippen LogP contribution in [0.5, 0.6) is 0 Å². The molecule has 0 aliphatic carbocycles. The molecule has 0 atom stereocenters. The molecule has 0 saturated heterocycles. The lowest BCUT2D eigenvalue weighted by atomic mass is 10.1. The second-order valence-electron chi connectivity index (χ2n) is 5.05. The third kappa shape index (κ3) is 15.4. The molecule has 0 spiro atoms. The Morgan fingerprint density at radius 1 is 0.667 bits per heavy atom. The summed E-state index contributed by atoms with van der Waals surface area (Å²) in [7, 11) is 0. The number of allylic oxidation sites excluding steroid dienone is 4. The lowest BCUT2D eigenvalue weighted by molar-refractivity contribution is 0.601. The highest BCUT2D eigenvalue weighted by atomic mass is 14.5. The van der Waals surface area contributed by atoms with Gasteiger partial charge >= 0.3 is 0 Å². The van der Waals surface area contributed by atoms with Crippen molar-refractivity contribution in [2.75, 3.05) is 6.54 Å². The summed E-state index contributed by atoms with van der Waals surface area (Å²) in [5.41, 5.74) is 5.46. The molecule has 1 heteroatoms. The molecule has 0 aromatic rings. The zero-order chi connectivity index (χ0) is 13.3. The van der Waals surface area contributed by atoms with Gasteiger partial charge in [-0.05, 0) is 38.6 Å². The van der Waals surface area contributed by atoms with Gasteiger partial charge < -0.3 is 5.73 Å². The second-order valence-corrected chi connectivity index (χ2v) is 5.05. The quantitative estimate of drug-likeness (QED) is 0.346. The van der Waals surface area contributed by atoms with Crippen LogP contribution in [-0.4, -0.2) is 6.54 Å². The van der Waals surface area contributed by atoms with Crippen LogP contribution in [-0.2, 0) is 0 Å². The van der Waals surface area contributed by atoms with Gasteiger partial charge in [0.05, 0.1) is 0 Å². The summed E-state index contributed by atoms with van der Waals surface area (Å²) < 4.78 is 0. The van der Waals surface area contributed by atoms with Crippen LogP contribution in [0.15, 0.2) is 24.3 Å². The summed E-state index contributed by atoms with van der Waals surface area (Å²) in [6, 6.07) is 0. The topological polar surface area (TPSA) is 26.0 Å². The monoisotopic (exact) mass is 251 g/mol. The first-order valence-corrected chi connectivity index (χ1v) is 7.93. The lowest BCUT2D eigenvalue weighted by Gasteiger charge is -1.98. The van der Waals surface area contributed by atoms with Crippen molar-refractivity contribution in [1.29, 1.82) is 0 Å². The van der Waals surface area contributed by atoms with Crippen molar-refractivity contribution >= 4 is 0 Å². The molecule has 0 aliphatic heterocycles. The molecule has 0 saturated carbocycles. The van der Waals surface area contributed by atoms with E-state index in [1.807, 2.05) is 0 Å². The van der Waals surface area contributed by atoms with Gasteiger partial charge in [0.15, 0.2) is 0 Å². The van der Waals surface area contributed by atoms with Crippen molar-refractivity contribution in [2.45, 2.75) is 77.6 Å². The van der Waals surface area contributed by atoms with Crippen LogP contribution in [0, 0.1) is 0 Å². The fourth-order valence-electron chi connectivity index (χ4n) is 1.98. The molecule has 0 rings (SSSR count). The maximum atomic E-state index is 5.46. The summed E-state index contributed by atoms with van der Waals surface area (Å²) in [6.45, 7) is 3.10. The van der Waals surface area contributed by atoms with E-state index in [0.717, 1.165) is 6.54 Å². The van der Waals surface area contributed by atoms with E-state index in [2.05, 4.69) is 31.2 Å². The van der Waals surface area contributed by atoms with Gasteiger partial charge in [0.1, 0.15) is 0 Å². The Hall–Kier alpha value is -0.560. The average Bonchev–Trinajstić information content (AvgIpc) is 2.39. The highest BCUT2D eigenvalue weighted by molar-refractivity contribution is 5.02. The van der Waals surface area contributed by atoms with E-state index in [4.69, 9.17) is 5.73 Å². The predicted molar refractivity (Wildman–Crippen MR) is 83.8 cm³/mol. The Balaban J connectivity index is 3.13. The summed E-state index contributed by atoms with van der Waals surface area (Å²) in [5, 5.41) is 0. The third-order valence-electron chi connectivity index (χ3n) is 3.18. The number of rotatable bonds is 13. The average molecular weight is 251 g/mol. The Morgan fingerprint density at radius 3 is 1.72 bits per heavy atom. The molecule has 106 valence electrons. The largest absolute Gasteiger partial charge is 0.330 e. The van der Waals surface area contributed by atoms with Gasteiger partial charge in [-0.1, -0.05) is 69.8 Å². The summed E-state index contributed by atoms with van der Waals surface area (Å²) >= 11 is 0. The molecule has 0 amide bonds. The van der Waals surface area contributed by atoms with Crippen molar-refractivity contribution in [3.63, 3.8) is 0 Å². The highest BCUT2D eigenvalue weighted by Crippen LogP contribution is 2.07. The zero-order valence-electron chi connectivity index (χ0n) is 12.4. The molecule has 0 radical (unpaired) electrons. The van der Waals surface area contributed by atoms with E-state index in [-0.39, 0.29) is 0 Å². The standard InChI is InChI=1S/C17H33N/c1-2-3-4-5-6-7-8-9-10-11-12-13-14-15-16-17-18/h6-9H,2-5,10-18H2,1H3/b7-6-,9-8+. The predicted octanol–water partition coefficient (Wildman–Crippen LogP) is 5.37. The Morgan fingerprint density at radius 2 is 1.17 bits per heavy atom. The first-order valence-electron chi connectivity index (χ1n) is 7.93. The molecule has 0 aromatic heterocycles. The molecule has 0 unspecified atom stereocenters. The van der Waals surface area contributed by atoms with Gasteiger partial charge in [-0.25, -0.2) is 0 Å². The van der Waals surface area contributed by atoms with Gasteiger partial charge in [0.2, 0.25) is 0 Å². The van der Waals surface area contributed by atoms with Gasteiger partial charge in [-0.15, -0.1) is 0 Å². The molecule has 0 heterocycles. The first kappa shape index (κ1) is 17.4. The molecular formula is C17H33N. The highest BCUT2D eigenvalue weighted by Gasteiger charge is 1.88. The molecule has 0 aromatic carbocycles. The van der Waals surface area contributed by atoms with E-state index in [0.29, 0.717) is 0 Å². The van der Waals surface area contributed by atoms with Crippen LogP contribution in [0.4, 0.5) is 0 Å². The van der Waals surface area contributed by atoms with Crippen LogP contribution in [0.1, 0.15) is 77.6 Å². The van der Waals surface area contributed by atoms with Gasteiger partial charge in [-0.2, -0.15) is 0 Å². The van der Waals surface area contributed by atoms with E-state index in [1.54, 1.807) is 0 Å². The summed E-state index contributed by atoms with van der Waals surface area (Å²) in [6.07, 6.45) is 23.4. The van der Waals surface area contributed by atoms with Gasteiger partial charge in [0.25, 0.3) is 0 Å². The van der Waals surface area contributed by atoms with Gasteiger partial charge in [-0.3, -0.25) is 0 Å². The second kappa shape index (κ2) is 16.4. The van der Waals surface area contributed by atoms with Gasteiger partial charge in [0, 0.05) is 0 Å². The molecule has 0 aliphatic rings. The Kier molecular flexibility index (Phi) is 15.9. The first-order chi connectivity index (χ1) is 8.91. The van der Waals surface area contributed by atoms with E-state index < -0.39 is 0 Å². The summed E-state index contributed by atoms with van der Waals surface area (Å²) in [5.74, 6) is 0. The molecule has 1 nitrogen and oxygen atoms in total. The minimum Gasteiger partial charge on any atom is -0.330 e. The van der Waals surface area contributed by atoms with E-state index >= 15 is 0 Å². The number of hydrogen-bond donors (Lipinski definition) is 1. The molecular weight excluding hydrogens is 218 g/mol. The van der Waals surface area contributed by atoms with Crippen molar-refractivity contribution in [2.24, 2.45) is 5.73 Å². The van der Waals surface area contributed by atoms with Crippen LogP contribution in [0.2, 0.25) is 0 Å². The minimum absolute atomic E-state index is 0.854. The van der Waals surface area contributed by atoms with Crippen LogP contribution in [0.25, 0.3) is 0 Å². The van der Waals surface area contributed by atoms with Crippen LogP contribution < -0.4 is 5.73 Å². The van der Waals surface area contributed by atoms with Crippen LogP contribution >= 0.6 is 0 Å². The fraction of sp³-hybridized carbons (Fsp3) is 0.765. The normalized spacial score (nSPS) is 11.9. The lowest BCUT2D eigenvalue weighted by Crippen LogP contribution is -1.97. The van der Waals surface area contributed by atoms with Crippen molar-refractivity contribution < 1.29 is 0 Å². The minimum atomic E-state index is 0.854.